The number of benzene rings is 2. The van der Waals surface area contributed by atoms with Gasteiger partial charge in [0.25, 0.3) is 0 Å². The van der Waals surface area contributed by atoms with Gasteiger partial charge in [-0.05, 0) is 41.8 Å². The summed E-state index contributed by atoms with van der Waals surface area (Å²) in [5.41, 5.74) is 3.14. The zero-order valence-corrected chi connectivity index (χ0v) is 20.0. The molecule has 3 aromatic rings. The van der Waals surface area contributed by atoms with Crippen molar-refractivity contribution < 1.29 is 14.3 Å². The van der Waals surface area contributed by atoms with Crippen molar-refractivity contribution in [2.45, 2.75) is 31.5 Å². The van der Waals surface area contributed by atoms with E-state index < -0.39 is 6.10 Å². The van der Waals surface area contributed by atoms with Crippen LogP contribution in [0, 0.1) is 11.8 Å². The van der Waals surface area contributed by atoms with Crippen LogP contribution in [-0.4, -0.2) is 40.8 Å². The van der Waals surface area contributed by atoms with Gasteiger partial charge in [0.1, 0.15) is 24.4 Å². The molecule has 3 saturated heterocycles. The third-order valence-electron chi connectivity index (χ3n) is 7.78. The van der Waals surface area contributed by atoms with Crippen molar-refractivity contribution in [3.63, 3.8) is 0 Å². The van der Waals surface area contributed by atoms with Crippen LogP contribution in [0.15, 0.2) is 71.9 Å². The molecule has 0 aliphatic carbocycles. The van der Waals surface area contributed by atoms with Crippen LogP contribution < -0.4 is 4.74 Å². The van der Waals surface area contributed by atoms with E-state index in [0.717, 1.165) is 57.2 Å². The Morgan fingerprint density at radius 3 is 2.91 bits per heavy atom. The number of hydrogen-bond acceptors (Lipinski definition) is 3. The number of pyridine rings is 1. The molecule has 6 rings (SSSR count). The number of fused-ring (bicyclic) bond motifs is 4. The predicted molar refractivity (Wildman–Crippen MR) is 131 cm³/mol. The van der Waals surface area contributed by atoms with E-state index in [1.165, 1.54) is 12.0 Å². The van der Waals surface area contributed by atoms with E-state index in [0.29, 0.717) is 11.8 Å². The number of quaternary nitrogens is 1. The van der Waals surface area contributed by atoms with Gasteiger partial charge >= 0.3 is 0 Å². The van der Waals surface area contributed by atoms with Gasteiger partial charge in [0.05, 0.1) is 25.7 Å². The first-order chi connectivity index (χ1) is 15.5. The Labute approximate surface area is 198 Å². The van der Waals surface area contributed by atoms with Crippen LogP contribution in [0.4, 0.5) is 0 Å². The second-order valence-electron chi connectivity index (χ2n) is 9.35. The van der Waals surface area contributed by atoms with Gasteiger partial charge in [-0.25, -0.2) is 0 Å². The average molecular weight is 494 g/mol. The molecule has 0 spiro atoms. The van der Waals surface area contributed by atoms with E-state index in [4.69, 9.17) is 4.74 Å². The number of aliphatic hydroxyl groups is 1. The van der Waals surface area contributed by atoms with Crippen LogP contribution >= 0.6 is 15.9 Å². The summed E-state index contributed by atoms with van der Waals surface area (Å²) in [5.74, 6) is 1.88. The monoisotopic (exact) mass is 493 g/mol. The van der Waals surface area contributed by atoms with Gasteiger partial charge in [-0.1, -0.05) is 40.2 Å². The van der Waals surface area contributed by atoms with Crippen molar-refractivity contribution in [1.82, 2.24) is 4.98 Å². The van der Waals surface area contributed by atoms with E-state index in [-0.39, 0.29) is 6.04 Å². The number of methoxy groups -OCH3 is 1. The molecular weight excluding hydrogens is 464 g/mol. The van der Waals surface area contributed by atoms with Gasteiger partial charge in [0, 0.05) is 40.4 Å². The Hall–Kier alpha value is -2.21. The van der Waals surface area contributed by atoms with Gasteiger partial charge in [-0.3, -0.25) is 4.98 Å². The molecule has 3 fully saturated rings. The number of ether oxygens (including phenoxy) is 1. The average Bonchev–Trinajstić information content (AvgIpc) is 2.84. The maximum absolute atomic E-state index is 11.9. The third kappa shape index (κ3) is 3.66. The number of piperidine rings is 3. The summed E-state index contributed by atoms with van der Waals surface area (Å²) >= 11 is 3.76. The molecule has 3 aliphatic heterocycles. The zero-order valence-electron chi connectivity index (χ0n) is 18.5. The second-order valence-corrected chi connectivity index (χ2v) is 10.2. The first-order valence-corrected chi connectivity index (χ1v) is 12.2. The number of aliphatic hydroxyl groups excluding tert-OH is 1. The standard InChI is InChI=1S/C27H30BrN2O2/c1-3-18-16-30(17-20-6-4-5-7-24(20)28)13-11-19(18)14-26(30)27(31)22-10-12-29-25-9-8-21(32-2)15-23(22)25/h3-10,12,15,18-19,26-27,31H,1,11,13-14,16-17H2,2H3/q+1/t18-,19+,26+,27-,30+/m1/s1. The first kappa shape index (κ1) is 21.6. The van der Waals surface area contributed by atoms with E-state index in [9.17, 15) is 5.11 Å². The van der Waals surface area contributed by atoms with Gasteiger partial charge in [0.15, 0.2) is 0 Å². The second kappa shape index (κ2) is 8.62. The molecule has 0 saturated carbocycles. The topological polar surface area (TPSA) is 42.4 Å². The molecule has 166 valence electrons. The summed E-state index contributed by atoms with van der Waals surface area (Å²) in [6, 6.07) is 16.5. The van der Waals surface area contributed by atoms with Crippen molar-refractivity contribution in [2.24, 2.45) is 11.8 Å². The molecule has 2 bridgehead atoms. The Bertz CT molecular complexity index is 1150. The number of aromatic nitrogens is 1. The lowest BCUT2D eigenvalue weighted by Gasteiger charge is -2.58. The molecule has 4 heterocycles. The summed E-state index contributed by atoms with van der Waals surface area (Å²) in [4.78, 5) is 4.52. The lowest BCUT2D eigenvalue weighted by molar-refractivity contribution is -0.985. The summed E-state index contributed by atoms with van der Waals surface area (Å²) < 4.78 is 7.50. The molecule has 0 radical (unpaired) electrons. The van der Waals surface area contributed by atoms with Crippen molar-refractivity contribution >= 4 is 26.8 Å². The molecule has 32 heavy (non-hydrogen) atoms. The fourth-order valence-electron chi connectivity index (χ4n) is 6.09. The van der Waals surface area contributed by atoms with E-state index in [2.05, 4.69) is 57.8 Å². The largest absolute Gasteiger partial charge is 0.497 e. The fourth-order valence-corrected chi connectivity index (χ4v) is 6.50. The van der Waals surface area contributed by atoms with Gasteiger partial charge < -0.3 is 14.3 Å². The Kier molecular flexibility index (Phi) is 5.82. The van der Waals surface area contributed by atoms with Crippen molar-refractivity contribution in [2.75, 3.05) is 20.2 Å². The minimum atomic E-state index is -0.566. The fraction of sp³-hybridized carbons (Fsp3) is 0.370. The minimum Gasteiger partial charge on any atom is -0.497 e. The molecular formula is C27H30BrN2O2+. The molecule has 0 amide bonds. The van der Waals surface area contributed by atoms with E-state index in [1.807, 2.05) is 30.5 Å². The highest BCUT2D eigenvalue weighted by atomic mass is 79.9. The number of halogens is 1. The quantitative estimate of drug-likeness (QED) is 0.356. The lowest BCUT2D eigenvalue weighted by atomic mass is 9.71. The zero-order chi connectivity index (χ0) is 22.3. The Morgan fingerprint density at radius 2 is 2.12 bits per heavy atom. The summed E-state index contributed by atoms with van der Waals surface area (Å²) in [6.07, 6.45) is 5.59. The summed E-state index contributed by atoms with van der Waals surface area (Å²) in [5, 5.41) is 12.9. The van der Waals surface area contributed by atoms with Gasteiger partial charge in [0.2, 0.25) is 0 Å². The first-order valence-electron chi connectivity index (χ1n) is 11.4. The Balaban J connectivity index is 1.57. The predicted octanol–water partition coefficient (Wildman–Crippen LogP) is 5.65. The molecule has 5 atom stereocenters. The highest BCUT2D eigenvalue weighted by Crippen LogP contribution is 2.48. The number of nitrogens with zero attached hydrogens (tertiary/aromatic N) is 2. The number of rotatable bonds is 6. The van der Waals surface area contributed by atoms with Crippen LogP contribution in [0.2, 0.25) is 0 Å². The van der Waals surface area contributed by atoms with Crippen molar-refractivity contribution in [1.29, 1.82) is 0 Å². The normalized spacial score (nSPS) is 27.9. The third-order valence-corrected chi connectivity index (χ3v) is 8.56. The van der Waals surface area contributed by atoms with Crippen LogP contribution in [0.25, 0.3) is 10.9 Å². The summed E-state index contributed by atoms with van der Waals surface area (Å²) in [6.45, 7) is 7.17. The molecule has 4 nitrogen and oxygen atoms in total. The maximum Gasteiger partial charge on any atom is 0.131 e. The number of hydrogen-bond donors (Lipinski definition) is 1. The molecule has 0 unspecified atom stereocenters. The highest BCUT2D eigenvalue weighted by Gasteiger charge is 2.54. The van der Waals surface area contributed by atoms with Crippen molar-refractivity contribution in [3.05, 3.63) is 83.0 Å². The van der Waals surface area contributed by atoms with Crippen LogP contribution in [0.5, 0.6) is 5.75 Å². The molecule has 1 aromatic heterocycles. The Morgan fingerprint density at radius 1 is 1.28 bits per heavy atom. The lowest BCUT2D eigenvalue weighted by Crippen LogP contribution is -2.67. The van der Waals surface area contributed by atoms with Gasteiger partial charge in [-0.2, -0.15) is 0 Å². The van der Waals surface area contributed by atoms with Crippen LogP contribution in [0.1, 0.15) is 30.1 Å². The molecule has 5 heteroatoms. The van der Waals surface area contributed by atoms with Crippen LogP contribution in [0.3, 0.4) is 0 Å². The summed E-state index contributed by atoms with van der Waals surface area (Å²) in [7, 11) is 1.67. The van der Waals surface area contributed by atoms with Crippen molar-refractivity contribution in [3.8, 4) is 5.75 Å². The van der Waals surface area contributed by atoms with E-state index in [1.54, 1.807) is 7.11 Å². The highest BCUT2D eigenvalue weighted by molar-refractivity contribution is 9.10. The molecule has 3 aliphatic rings. The van der Waals surface area contributed by atoms with Gasteiger partial charge in [-0.15, -0.1) is 6.58 Å². The maximum atomic E-state index is 11.9. The SMILES string of the molecule is C=C[C@@H]1C[N@+]2(Cc3ccccc3Br)CC[C@H]1C[C@H]2[C@H](O)c1ccnc2ccc(OC)cc12. The molecule has 1 N–H and O–H groups in total. The smallest absolute Gasteiger partial charge is 0.131 e. The van der Waals surface area contributed by atoms with E-state index >= 15 is 0 Å². The molecule has 2 aromatic carbocycles. The minimum absolute atomic E-state index is 0.133. The van der Waals surface area contributed by atoms with Crippen LogP contribution in [-0.2, 0) is 6.54 Å².